The zero-order chi connectivity index (χ0) is 19.3. The number of ether oxygens (including phenoxy) is 2. The Hall–Kier alpha value is -3.43. The fourth-order valence-electron chi connectivity index (χ4n) is 3.20. The van der Waals surface area contributed by atoms with Crippen LogP contribution in [0.15, 0.2) is 54.6 Å². The van der Waals surface area contributed by atoms with Crippen LogP contribution in [-0.2, 0) is 4.74 Å². The van der Waals surface area contributed by atoms with Gasteiger partial charge in [0.15, 0.2) is 0 Å². The average Bonchev–Trinajstić information content (AvgIpc) is 2.79. The van der Waals surface area contributed by atoms with E-state index < -0.39 is 0 Å². The third kappa shape index (κ3) is 3.66. The van der Waals surface area contributed by atoms with Crippen molar-refractivity contribution < 1.29 is 9.47 Å². The van der Waals surface area contributed by atoms with E-state index in [-0.39, 0.29) is 0 Å². The second-order valence-electron chi connectivity index (χ2n) is 6.43. The molecule has 140 valence electrons. The van der Waals surface area contributed by atoms with Crippen molar-refractivity contribution in [1.82, 2.24) is 9.97 Å². The molecule has 2 heterocycles. The van der Waals surface area contributed by atoms with Gasteiger partial charge in [-0.15, -0.1) is 0 Å². The van der Waals surface area contributed by atoms with Crippen molar-refractivity contribution in [2.75, 3.05) is 38.3 Å². The Balaban J connectivity index is 1.84. The van der Waals surface area contributed by atoms with Gasteiger partial charge in [-0.05, 0) is 30.3 Å². The summed E-state index contributed by atoms with van der Waals surface area (Å²) in [7, 11) is 1.66. The lowest BCUT2D eigenvalue weighted by molar-refractivity contribution is 0.122. The summed E-state index contributed by atoms with van der Waals surface area (Å²) in [5.74, 6) is 1.44. The van der Waals surface area contributed by atoms with Crippen molar-refractivity contribution in [2.24, 2.45) is 0 Å². The van der Waals surface area contributed by atoms with Gasteiger partial charge >= 0.3 is 0 Å². The first-order chi connectivity index (χ1) is 13.8. The molecule has 0 atom stereocenters. The third-order valence-electron chi connectivity index (χ3n) is 4.70. The van der Waals surface area contributed by atoms with E-state index in [1.54, 1.807) is 19.2 Å². The Kier molecular flexibility index (Phi) is 5.18. The van der Waals surface area contributed by atoms with Crippen molar-refractivity contribution >= 4 is 5.95 Å². The predicted molar refractivity (Wildman–Crippen MR) is 107 cm³/mol. The minimum atomic E-state index is 0.621. The molecule has 0 radical (unpaired) electrons. The third-order valence-corrected chi connectivity index (χ3v) is 4.70. The van der Waals surface area contributed by atoms with Gasteiger partial charge in [0.1, 0.15) is 5.75 Å². The molecular weight excluding hydrogens is 352 g/mol. The molecule has 0 aliphatic carbocycles. The molecule has 1 fully saturated rings. The molecule has 1 aromatic heterocycles. The Labute approximate surface area is 164 Å². The van der Waals surface area contributed by atoms with E-state index in [0.717, 1.165) is 41.4 Å². The van der Waals surface area contributed by atoms with Crippen LogP contribution in [0.1, 0.15) is 5.56 Å². The maximum atomic E-state index is 9.06. The van der Waals surface area contributed by atoms with Crippen molar-refractivity contribution in [3.8, 4) is 34.3 Å². The summed E-state index contributed by atoms with van der Waals surface area (Å²) in [4.78, 5) is 11.8. The van der Waals surface area contributed by atoms with Crippen LogP contribution in [0.25, 0.3) is 22.5 Å². The van der Waals surface area contributed by atoms with Crippen molar-refractivity contribution in [3.63, 3.8) is 0 Å². The molecule has 1 aliphatic heterocycles. The summed E-state index contributed by atoms with van der Waals surface area (Å²) in [6.07, 6.45) is 0. The summed E-state index contributed by atoms with van der Waals surface area (Å²) < 4.78 is 11.0. The van der Waals surface area contributed by atoms with Crippen molar-refractivity contribution in [3.05, 3.63) is 60.2 Å². The summed E-state index contributed by atoms with van der Waals surface area (Å²) in [5.41, 5.74) is 4.08. The van der Waals surface area contributed by atoms with E-state index in [0.29, 0.717) is 24.7 Å². The number of para-hydroxylation sites is 1. The van der Waals surface area contributed by atoms with E-state index in [9.17, 15) is 0 Å². The Morgan fingerprint density at radius 2 is 1.71 bits per heavy atom. The molecule has 0 N–H and O–H groups in total. The first-order valence-electron chi connectivity index (χ1n) is 9.14. The number of nitrogens with zero attached hydrogens (tertiary/aromatic N) is 4. The maximum Gasteiger partial charge on any atom is 0.226 e. The number of hydrogen-bond donors (Lipinski definition) is 0. The predicted octanol–water partition coefficient (Wildman–Crippen LogP) is 3.53. The molecule has 0 amide bonds. The first kappa shape index (κ1) is 18.0. The van der Waals surface area contributed by atoms with Gasteiger partial charge in [-0.3, -0.25) is 0 Å². The highest BCUT2D eigenvalue weighted by Gasteiger charge is 2.18. The zero-order valence-corrected chi connectivity index (χ0v) is 15.6. The quantitative estimate of drug-likeness (QED) is 0.698. The molecule has 2 aromatic carbocycles. The number of rotatable bonds is 4. The lowest BCUT2D eigenvalue weighted by Crippen LogP contribution is -2.37. The van der Waals surface area contributed by atoms with E-state index in [2.05, 4.69) is 11.0 Å². The van der Waals surface area contributed by atoms with Gasteiger partial charge in [0.05, 0.1) is 43.3 Å². The average molecular weight is 372 g/mol. The van der Waals surface area contributed by atoms with Crippen LogP contribution in [0.5, 0.6) is 5.75 Å². The largest absolute Gasteiger partial charge is 0.496 e. The summed E-state index contributed by atoms with van der Waals surface area (Å²) in [6.45, 7) is 2.83. The highest BCUT2D eigenvalue weighted by Crippen LogP contribution is 2.32. The molecule has 0 unspecified atom stereocenters. The molecule has 6 nitrogen and oxygen atoms in total. The number of nitriles is 1. The highest BCUT2D eigenvalue weighted by atomic mass is 16.5. The van der Waals surface area contributed by atoms with Gasteiger partial charge in [-0.25, -0.2) is 9.97 Å². The summed E-state index contributed by atoms with van der Waals surface area (Å²) >= 11 is 0. The van der Waals surface area contributed by atoms with Crippen molar-refractivity contribution in [2.45, 2.75) is 0 Å². The van der Waals surface area contributed by atoms with Crippen LogP contribution in [0.3, 0.4) is 0 Å². The molecule has 28 heavy (non-hydrogen) atoms. The molecule has 6 heteroatoms. The zero-order valence-electron chi connectivity index (χ0n) is 15.6. The fourth-order valence-corrected chi connectivity index (χ4v) is 3.20. The van der Waals surface area contributed by atoms with Crippen molar-refractivity contribution in [1.29, 1.82) is 5.26 Å². The Morgan fingerprint density at radius 1 is 1.00 bits per heavy atom. The SMILES string of the molecule is COc1ccccc1-c1cc(-c2ccc(C#N)cc2)nc(N2CCOCC2)n1. The first-order valence-corrected chi connectivity index (χ1v) is 9.14. The lowest BCUT2D eigenvalue weighted by atomic mass is 10.1. The van der Waals surface area contributed by atoms with Gasteiger partial charge in [0.2, 0.25) is 5.95 Å². The summed E-state index contributed by atoms with van der Waals surface area (Å²) in [5, 5.41) is 9.06. The van der Waals surface area contributed by atoms with Crippen LogP contribution in [0.2, 0.25) is 0 Å². The smallest absolute Gasteiger partial charge is 0.226 e. The van der Waals surface area contributed by atoms with Gasteiger partial charge in [0.25, 0.3) is 0 Å². The monoisotopic (exact) mass is 372 g/mol. The molecule has 0 spiro atoms. The maximum absolute atomic E-state index is 9.06. The topological polar surface area (TPSA) is 71.3 Å². The summed E-state index contributed by atoms with van der Waals surface area (Å²) in [6, 6.07) is 19.4. The van der Waals surface area contributed by atoms with E-state index in [1.807, 2.05) is 42.5 Å². The van der Waals surface area contributed by atoms with Gasteiger partial charge in [-0.2, -0.15) is 5.26 Å². The normalized spacial score (nSPS) is 13.8. The van der Waals surface area contributed by atoms with Gasteiger partial charge in [-0.1, -0.05) is 24.3 Å². The minimum Gasteiger partial charge on any atom is -0.496 e. The molecule has 1 saturated heterocycles. The van der Waals surface area contributed by atoms with Gasteiger partial charge in [0, 0.05) is 24.2 Å². The lowest BCUT2D eigenvalue weighted by Gasteiger charge is -2.27. The molecule has 1 aliphatic rings. The molecule has 4 rings (SSSR count). The fraction of sp³-hybridized carbons (Fsp3) is 0.227. The molecule has 0 bridgehead atoms. The number of hydrogen-bond acceptors (Lipinski definition) is 6. The number of aromatic nitrogens is 2. The number of morpholine rings is 1. The van der Waals surface area contributed by atoms with Crippen LogP contribution in [0, 0.1) is 11.3 Å². The Morgan fingerprint density at radius 3 is 2.43 bits per heavy atom. The highest BCUT2D eigenvalue weighted by molar-refractivity contribution is 5.73. The second kappa shape index (κ2) is 8.07. The molecular formula is C22H20N4O2. The Bertz CT molecular complexity index is 1010. The second-order valence-corrected chi connectivity index (χ2v) is 6.43. The van der Waals surface area contributed by atoms with Gasteiger partial charge < -0.3 is 14.4 Å². The van der Waals surface area contributed by atoms with Crippen LogP contribution >= 0.6 is 0 Å². The van der Waals surface area contributed by atoms with E-state index in [4.69, 9.17) is 24.7 Å². The number of benzene rings is 2. The molecule has 0 saturated carbocycles. The van der Waals surface area contributed by atoms with Crippen LogP contribution in [-0.4, -0.2) is 43.4 Å². The standard InChI is InChI=1S/C22H20N4O2/c1-27-21-5-3-2-4-18(21)20-14-19(17-8-6-16(15-23)7-9-17)24-22(25-20)26-10-12-28-13-11-26/h2-9,14H,10-13H2,1H3. The minimum absolute atomic E-state index is 0.621. The number of anilines is 1. The number of methoxy groups -OCH3 is 1. The molecule has 3 aromatic rings. The van der Waals surface area contributed by atoms with Crippen LogP contribution in [0.4, 0.5) is 5.95 Å². The van der Waals surface area contributed by atoms with Crippen LogP contribution < -0.4 is 9.64 Å². The van der Waals surface area contributed by atoms with E-state index >= 15 is 0 Å². The van der Waals surface area contributed by atoms with E-state index in [1.165, 1.54) is 0 Å².